The van der Waals surface area contributed by atoms with Crippen LogP contribution in [0.5, 0.6) is 0 Å². The van der Waals surface area contributed by atoms with Crippen molar-refractivity contribution in [2.45, 2.75) is 0 Å². The third-order valence-corrected chi connectivity index (χ3v) is 1.46. The number of anilines is 1. The van der Waals surface area contributed by atoms with Crippen molar-refractivity contribution in [2.24, 2.45) is 0 Å². The molecule has 0 atom stereocenters. The lowest BCUT2D eigenvalue weighted by atomic mass is 10.3. The van der Waals surface area contributed by atoms with Crippen molar-refractivity contribution < 1.29 is 14.1 Å². The van der Waals surface area contributed by atoms with Crippen molar-refractivity contribution >= 4 is 17.3 Å². The third-order valence-electron chi connectivity index (χ3n) is 1.46. The van der Waals surface area contributed by atoms with Crippen LogP contribution in [0.3, 0.4) is 0 Å². The van der Waals surface area contributed by atoms with Gasteiger partial charge >= 0.3 is 0 Å². The van der Waals surface area contributed by atoms with Gasteiger partial charge in [-0.2, -0.15) is 0 Å². The van der Waals surface area contributed by atoms with Crippen LogP contribution in [-0.4, -0.2) is 17.5 Å². The molecule has 5 nitrogen and oxygen atoms in total. The highest BCUT2D eigenvalue weighted by Crippen LogP contribution is 2.16. The van der Waals surface area contributed by atoms with Gasteiger partial charge in [0.15, 0.2) is 6.67 Å². The van der Waals surface area contributed by atoms with E-state index in [1.54, 1.807) is 0 Å². The summed E-state index contributed by atoms with van der Waals surface area (Å²) in [6.07, 6.45) is 0. The first-order chi connectivity index (χ1) is 6.63. The molecule has 1 N–H and O–H groups in total. The molecule has 0 aliphatic carbocycles. The Hall–Kier alpha value is -1.98. The monoisotopic (exact) mass is 198 g/mol. The van der Waals surface area contributed by atoms with Crippen LogP contribution in [0.15, 0.2) is 24.3 Å². The minimum atomic E-state index is -1.15. The van der Waals surface area contributed by atoms with Crippen LogP contribution in [-0.2, 0) is 4.79 Å². The second-order valence-electron chi connectivity index (χ2n) is 2.49. The summed E-state index contributed by atoms with van der Waals surface area (Å²) in [7, 11) is 0. The SMILES string of the molecule is O=C(CF)Nc1cccc([N+](=O)[O-])c1. The standard InChI is InChI=1S/C8H7FN2O3/c9-5-8(12)10-6-2-1-3-7(4-6)11(13)14/h1-4H,5H2,(H,10,12). The van der Waals surface area contributed by atoms with Crippen LogP contribution in [0.25, 0.3) is 0 Å². The zero-order chi connectivity index (χ0) is 10.6. The smallest absolute Gasteiger partial charge is 0.271 e. The highest BCUT2D eigenvalue weighted by molar-refractivity contribution is 5.91. The highest BCUT2D eigenvalue weighted by atomic mass is 19.1. The second-order valence-corrected chi connectivity index (χ2v) is 2.49. The summed E-state index contributed by atoms with van der Waals surface area (Å²) in [5.41, 5.74) is 0.0588. The zero-order valence-electron chi connectivity index (χ0n) is 7.07. The molecule has 74 valence electrons. The molecule has 1 rings (SSSR count). The molecule has 0 bridgehead atoms. The molecular weight excluding hydrogens is 191 g/mol. The number of nitro benzene ring substituents is 1. The summed E-state index contributed by atoms with van der Waals surface area (Å²) in [5.74, 6) is -0.828. The average Bonchev–Trinajstić information content (AvgIpc) is 2.18. The van der Waals surface area contributed by atoms with Crippen LogP contribution in [0.4, 0.5) is 15.8 Å². The summed E-state index contributed by atoms with van der Waals surface area (Å²) in [6.45, 7) is -1.15. The second kappa shape index (κ2) is 4.31. The van der Waals surface area contributed by atoms with Gasteiger partial charge in [0.25, 0.3) is 11.6 Å². The van der Waals surface area contributed by atoms with Crippen molar-refractivity contribution in [1.82, 2.24) is 0 Å². The maximum absolute atomic E-state index is 11.8. The van der Waals surface area contributed by atoms with E-state index in [0.29, 0.717) is 0 Å². The fraction of sp³-hybridized carbons (Fsp3) is 0.125. The topological polar surface area (TPSA) is 72.2 Å². The summed E-state index contributed by atoms with van der Waals surface area (Å²) in [5, 5.41) is 12.5. The number of halogens is 1. The van der Waals surface area contributed by atoms with Gasteiger partial charge in [0.05, 0.1) is 4.92 Å². The molecule has 1 amide bonds. The lowest BCUT2D eigenvalue weighted by Crippen LogP contribution is -2.12. The molecular formula is C8H7FN2O3. The van der Waals surface area contributed by atoms with Crippen LogP contribution in [0.2, 0.25) is 0 Å². The molecule has 1 aromatic rings. The van der Waals surface area contributed by atoms with E-state index in [-0.39, 0.29) is 11.4 Å². The molecule has 0 unspecified atom stereocenters. The Morgan fingerprint density at radius 1 is 1.57 bits per heavy atom. The molecule has 0 fully saturated rings. The number of hydrogen-bond donors (Lipinski definition) is 1. The molecule has 0 aliphatic heterocycles. The summed E-state index contributed by atoms with van der Waals surface area (Å²) in [6, 6.07) is 5.30. The number of alkyl halides is 1. The maximum Gasteiger partial charge on any atom is 0.271 e. The molecule has 0 heterocycles. The summed E-state index contributed by atoms with van der Waals surface area (Å²) < 4.78 is 11.8. The van der Waals surface area contributed by atoms with Crippen LogP contribution in [0.1, 0.15) is 0 Å². The Bertz CT molecular complexity index is 367. The first-order valence-electron chi connectivity index (χ1n) is 3.74. The summed E-state index contributed by atoms with van der Waals surface area (Å²) in [4.78, 5) is 20.3. The number of carbonyl (C=O) groups excluding carboxylic acids is 1. The predicted molar refractivity (Wildman–Crippen MR) is 47.7 cm³/mol. The number of rotatable bonds is 3. The average molecular weight is 198 g/mol. The largest absolute Gasteiger partial charge is 0.324 e. The van der Waals surface area contributed by atoms with Crippen molar-refractivity contribution in [2.75, 3.05) is 12.0 Å². The number of hydrogen-bond acceptors (Lipinski definition) is 3. The van der Waals surface area contributed by atoms with Crippen molar-refractivity contribution in [3.05, 3.63) is 34.4 Å². The van der Waals surface area contributed by atoms with E-state index in [2.05, 4.69) is 5.32 Å². The van der Waals surface area contributed by atoms with Gasteiger partial charge in [-0.3, -0.25) is 14.9 Å². The van der Waals surface area contributed by atoms with Crippen molar-refractivity contribution in [3.63, 3.8) is 0 Å². The van der Waals surface area contributed by atoms with Crippen LogP contribution < -0.4 is 5.32 Å². The van der Waals surface area contributed by atoms with Crippen LogP contribution >= 0.6 is 0 Å². The molecule has 0 aliphatic rings. The Kier molecular flexibility index (Phi) is 3.11. The minimum Gasteiger partial charge on any atom is -0.324 e. The molecule has 0 saturated heterocycles. The molecule has 0 saturated carbocycles. The molecule has 6 heteroatoms. The fourth-order valence-electron chi connectivity index (χ4n) is 0.892. The van der Waals surface area contributed by atoms with Crippen molar-refractivity contribution in [1.29, 1.82) is 0 Å². The molecule has 0 aromatic heterocycles. The zero-order valence-corrected chi connectivity index (χ0v) is 7.07. The molecule has 0 radical (unpaired) electrons. The fourth-order valence-corrected chi connectivity index (χ4v) is 0.892. The van der Waals surface area contributed by atoms with E-state index < -0.39 is 17.5 Å². The van der Waals surface area contributed by atoms with E-state index in [9.17, 15) is 19.3 Å². The Balaban J connectivity index is 2.83. The molecule has 0 spiro atoms. The number of amides is 1. The van der Waals surface area contributed by atoms with Gasteiger partial charge < -0.3 is 5.32 Å². The Labute approximate surface area is 78.7 Å². The number of carbonyl (C=O) groups is 1. The number of nitrogens with one attached hydrogen (secondary N) is 1. The Morgan fingerprint density at radius 3 is 2.86 bits per heavy atom. The number of non-ortho nitro benzene ring substituents is 1. The first kappa shape index (κ1) is 10.1. The number of nitrogens with zero attached hydrogens (tertiary/aromatic N) is 1. The normalized spacial score (nSPS) is 9.50. The number of nitro groups is 1. The van der Waals surface area contributed by atoms with E-state index in [1.807, 2.05) is 0 Å². The van der Waals surface area contributed by atoms with Gasteiger partial charge in [-0.05, 0) is 6.07 Å². The third kappa shape index (κ3) is 2.51. The minimum absolute atomic E-state index is 0.151. The van der Waals surface area contributed by atoms with E-state index in [1.165, 1.54) is 18.2 Å². The molecule has 1 aromatic carbocycles. The van der Waals surface area contributed by atoms with E-state index in [0.717, 1.165) is 6.07 Å². The van der Waals surface area contributed by atoms with Crippen molar-refractivity contribution in [3.8, 4) is 0 Å². The predicted octanol–water partition coefficient (Wildman–Crippen LogP) is 1.50. The van der Waals surface area contributed by atoms with Gasteiger partial charge in [-0.1, -0.05) is 6.07 Å². The first-order valence-corrected chi connectivity index (χ1v) is 3.74. The van der Waals surface area contributed by atoms with E-state index >= 15 is 0 Å². The maximum atomic E-state index is 11.8. The van der Waals surface area contributed by atoms with Crippen LogP contribution in [0, 0.1) is 10.1 Å². The van der Waals surface area contributed by atoms with Gasteiger partial charge in [0.2, 0.25) is 0 Å². The van der Waals surface area contributed by atoms with Gasteiger partial charge in [-0.25, -0.2) is 4.39 Å². The Morgan fingerprint density at radius 2 is 2.29 bits per heavy atom. The lowest BCUT2D eigenvalue weighted by Gasteiger charge is -2.01. The lowest BCUT2D eigenvalue weighted by molar-refractivity contribution is -0.384. The number of benzene rings is 1. The van der Waals surface area contributed by atoms with E-state index in [4.69, 9.17) is 0 Å². The van der Waals surface area contributed by atoms with Gasteiger partial charge in [-0.15, -0.1) is 0 Å². The van der Waals surface area contributed by atoms with Gasteiger partial charge in [0, 0.05) is 17.8 Å². The quantitative estimate of drug-likeness (QED) is 0.590. The highest BCUT2D eigenvalue weighted by Gasteiger charge is 2.07. The molecule has 14 heavy (non-hydrogen) atoms. The summed E-state index contributed by atoms with van der Waals surface area (Å²) >= 11 is 0. The van der Waals surface area contributed by atoms with Gasteiger partial charge in [0.1, 0.15) is 0 Å².